The Morgan fingerprint density at radius 1 is 1.53 bits per heavy atom. The first-order valence-electron chi connectivity index (χ1n) is 5.51. The van der Waals surface area contributed by atoms with Crippen LogP contribution in [-0.2, 0) is 11.3 Å². The van der Waals surface area contributed by atoms with Crippen molar-refractivity contribution in [3.63, 3.8) is 0 Å². The fraction of sp³-hybridized carbons (Fsp3) is 0.700. The Hall–Kier alpha value is -1.08. The summed E-state index contributed by atoms with van der Waals surface area (Å²) >= 11 is 1.24. The fourth-order valence-corrected chi connectivity index (χ4v) is 2.37. The van der Waals surface area contributed by atoms with Crippen LogP contribution in [0.1, 0.15) is 24.7 Å². The van der Waals surface area contributed by atoms with Crippen molar-refractivity contribution in [1.82, 2.24) is 19.7 Å². The van der Waals surface area contributed by atoms with Crippen LogP contribution in [-0.4, -0.2) is 50.6 Å². The number of carboxylic acids is 1. The van der Waals surface area contributed by atoms with Crippen LogP contribution in [0, 0.1) is 0 Å². The number of aliphatic carboxylic acids is 1. The van der Waals surface area contributed by atoms with Crippen molar-refractivity contribution in [1.29, 1.82) is 0 Å². The van der Waals surface area contributed by atoms with Crippen LogP contribution in [0.25, 0.3) is 0 Å². The van der Waals surface area contributed by atoms with Crippen LogP contribution in [0.3, 0.4) is 0 Å². The van der Waals surface area contributed by atoms with Gasteiger partial charge in [-0.3, -0.25) is 4.79 Å². The summed E-state index contributed by atoms with van der Waals surface area (Å²) in [5, 5.41) is 17.7. The normalized spacial score (nSPS) is 15.5. The van der Waals surface area contributed by atoms with E-state index in [1.807, 2.05) is 19.0 Å². The maximum Gasteiger partial charge on any atom is 0.313 e. The Morgan fingerprint density at radius 3 is 2.76 bits per heavy atom. The number of hydrogen-bond donors (Lipinski definition) is 1. The molecular formula is C10H16N4O2S. The predicted molar refractivity (Wildman–Crippen MR) is 64.0 cm³/mol. The number of hydrogen-bond acceptors (Lipinski definition) is 5. The van der Waals surface area contributed by atoms with Gasteiger partial charge in [-0.05, 0) is 26.9 Å². The van der Waals surface area contributed by atoms with Crippen molar-refractivity contribution in [2.24, 2.45) is 0 Å². The molecule has 0 amide bonds. The molecule has 17 heavy (non-hydrogen) atoms. The lowest BCUT2D eigenvalue weighted by molar-refractivity contribution is -0.133. The third-order valence-corrected chi connectivity index (χ3v) is 3.36. The minimum atomic E-state index is -0.825. The van der Waals surface area contributed by atoms with Gasteiger partial charge in [0.2, 0.25) is 0 Å². The van der Waals surface area contributed by atoms with Crippen LogP contribution >= 0.6 is 11.8 Å². The number of thioether (sulfide) groups is 1. The van der Waals surface area contributed by atoms with Gasteiger partial charge in [0.1, 0.15) is 5.82 Å². The van der Waals surface area contributed by atoms with Gasteiger partial charge in [-0.25, -0.2) is 0 Å². The molecule has 0 unspecified atom stereocenters. The highest BCUT2D eigenvalue weighted by molar-refractivity contribution is 7.99. The zero-order valence-electron chi connectivity index (χ0n) is 9.96. The summed E-state index contributed by atoms with van der Waals surface area (Å²) in [5.41, 5.74) is 0. The number of carboxylic acid groups (broad SMARTS) is 1. The standard InChI is InChI=1S/C10H16N4O2S/c1-13(2)5-8-11-12-10(17-6-9(15)16)14(8)7-3-4-7/h7H,3-6H2,1-2H3,(H,15,16). The summed E-state index contributed by atoms with van der Waals surface area (Å²) in [6.07, 6.45) is 2.28. The topological polar surface area (TPSA) is 71.2 Å². The molecule has 0 spiro atoms. The highest BCUT2D eigenvalue weighted by Gasteiger charge is 2.29. The van der Waals surface area contributed by atoms with E-state index in [-0.39, 0.29) is 5.75 Å². The quantitative estimate of drug-likeness (QED) is 0.761. The maximum atomic E-state index is 10.6. The molecule has 1 aromatic heterocycles. The van der Waals surface area contributed by atoms with Gasteiger partial charge in [0.15, 0.2) is 5.16 Å². The summed E-state index contributed by atoms with van der Waals surface area (Å²) in [6, 6.07) is 0.469. The van der Waals surface area contributed by atoms with E-state index < -0.39 is 5.97 Å². The first kappa shape index (κ1) is 12.4. The third kappa shape index (κ3) is 3.19. The average Bonchev–Trinajstić information content (AvgIpc) is 2.98. The Morgan fingerprint density at radius 2 is 2.24 bits per heavy atom. The number of carbonyl (C=O) groups is 1. The summed E-state index contributed by atoms with van der Waals surface area (Å²) in [6.45, 7) is 0.733. The lowest BCUT2D eigenvalue weighted by Gasteiger charge is -2.11. The largest absolute Gasteiger partial charge is 0.481 e. The highest BCUT2D eigenvalue weighted by atomic mass is 32.2. The second-order valence-electron chi connectivity index (χ2n) is 4.42. The Kier molecular flexibility index (Phi) is 3.68. The predicted octanol–water partition coefficient (Wildman–Crippen LogP) is 0.851. The zero-order chi connectivity index (χ0) is 12.4. The molecule has 1 aliphatic carbocycles. The van der Waals surface area contributed by atoms with E-state index >= 15 is 0 Å². The van der Waals surface area contributed by atoms with Crippen molar-refractivity contribution in [2.75, 3.05) is 19.8 Å². The van der Waals surface area contributed by atoms with Crippen LogP contribution < -0.4 is 0 Å². The van der Waals surface area contributed by atoms with Crippen LogP contribution in [0.4, 0.5) is 0 Å². The smallest absolute Gasteiger partial charge is 0.313 e. The van der Waals surface area contributed by atoms with E-state index in [1.165, 1.54) is 11.8 Å². The molecule has 0 atom stereocenters. The molecule has 0 aromatic carbocycles. The Bertz CT molecular complexity index is 414. The van der Waals surface area contributed by atoms with Crippen molar-refractivity contribution in [3.05, 3.63) is 5.82 Å². The first-order chi connectivity index (χ1) is 8.08. The molecule has 0 saturated heterocycles. The highest BCUT2D eigenvalue weighted by Crippen LogP contribution is 2.38. The van der Waals surface area contributed by atoms with Crippen molar-refractivity contribution < 1.29 is 9.90 Å². The van der Waals surface area contributed by atoms with Gasteiger partial charge in [0, 0.05) is 6.04 Å². The van der Waals surface area contributed by atoms with Gasteiger partial charge in [0.05, 0.1) is 12.3 Å². The van der Waals surface area contributed by atoms with Crippen molar-refractivity contribution in [3.8, 4) is 0 Å². The lowest BCUT2D eigenvalue weighted by atomic mass is 10.5. The minimum absolute atomic E-state index is 0.0345. The monoisotopic (exact) mass is 256 g/mol. The van der Waals surface area contributed by atoms with Gasteiger partial charge < -0.3 is 14.6 Å². The van der Waals surface area contributed by atoms with Gasteiger partial charge in [0.25, 0.3) is 0 Å². The molecule has 0 radical (unpaired) electrons. The number of nitrogens with zero attached hydrogens (tertiary/aromatic N) is 4. The first-order valence-corrected chi connectivity index (χ1v) is 6.49. The van der Waals surface area contributed by atoms with Gasteiger partial charge in [-0.15, -0.1) is 10.2 Å². The summed E-state index contributed by atoms with van der Waals surface area (Å²) < 4.78 is 2.09. The molecule has 0 aliphatic heterocycles. The number of rotatable bonds is 6. The van der Waals surface area contributed by atoms with Crippen LogP contribution in [0.5, 0.6) is 0 Å². The Balaban J connectivity index is 2.14. The average molecular weight is 256 g/mol. The van der Waals surface area contributed by atoms with E-state index in [0.29, 0.717) is 6.04 Å². The van der Waals surface area contributed by atoms with E-state index in [4.69, 9.17) is 5.11 Å². The van der Waals surface area contributed by atoms with Gasteiger partial charge in [-0.1, -0.05) is 11.8 Å². The van der Waals surface area contributed by atoms with E-state index in [0.717, 1.165) is 30.4 Å². The van der Waals surface area contributed by atoms with Gasteiger partial charge in [-0.2, -0.15) is 0 Å². The molecule has 7 heteroatoms. The molecule has 6 nitrogen and oxygen atoms in total. The summed E-state index contributed by atoms with van der Waals surface area (Å²) in [5.74, 6) is 0.132. The molecule has 1 saturated carbocycles. The van der Waals surface area contributed by atoms with Crippen molar-refractivity contribution >= 4 is 17.7 Å². The Labute approximate surface area is 104 Å². The molecular weight excluding hydrogens is 240 g/mol. The SMILES string of the molecule is CN(C)Cc1nnc(SCC(=O)O)n1C1CC1. The molecule has 1 aromatic rings. The minimum Gasteiger partial charge on any atom is -0.481 e. The van der Waals surface area contributed by atoms with Gasteiger partial charge >= 0.3 is 5.97 Å². The molecule has 1 fully saturated rings. The van der Waals surface area contributed by atoms with E-state index in [1.54, 1.807) is 0 Å². The molecule has 1 heterocycles. The molecule has 2 rings (SSSR count). The molecule has 0 bridgehead atoms. The molecule has 94 valence electrons. The van der Waals surface area contributed by atoms with E-state index in [2.05, 4.69) is 14.8 Å². The van der Waals surface area contributed by atoms with Crippen LogP contribution in [0.15, 0.2) is 5.16 Å². The maximum absolute atomic E-state index is 10.6. The zero-order valence-corrected chi connectivity index (χ0v) is 10.8. The van der Waals surface area contributed by atoms with Crippen molar-refractivity contribution in [2.45, 2.75) is 30.6 Å². The lowest BCUT2D eigenvalue weighted by Crippen LogP contribution is -2.15. The summed E-state index contributed by atoms with van der Waals surface area (Å²) in [4.78, 5) is 12.6. The molecule has 1 aliphatic rings. The number of aromatic nitrogens is 3. The fourth-order valence-electron chi connectivity index (χ4n) is 1.62. The molecule has 1 N–H and O–H groups in total. The second-order valence-corrected chi connectivity index (χ2v) is 5.36. The van der Waals surface area contributed by atoms with E-state index in [9.17, 15) is 4.79 Å². The van der Waals surface area contributed by atoms with Crippen LogP contribution in [0.2, 0.25) is 0 Å². The third-order valence-electron chi connectivity index (χ3n) is 2.43. The second kappa shape index (κ2) is 5.05. The summed E-state index contributed by atoms with van der Waals surface area (Å²) in [7, 11) is 3.96.